The molecule has 1 aromatic heterocycles. The summed E-state index contributed by atoms with van der Waals surface area (Å²) in [6.07, 6.45) is 2.75. The van der Waals surface area contributed by atoms with E-state index in [4.69, 9.17) is 0 Å². The van der Waals surface area contributed by atoms with Gasteiger partial charge in [-0.3, -0.25) is 14.7 Å². The minimum atomic E-state index is -0.200. The van der Waals surface area contributed by atoms with Crippen molar-refractivity contribution in [3.05, 3.63) is 24.0 Å². The molecule has 0 bridgehead atoms. The molecule has 0 radical (unpaired) electrons. The third-order valence-electron chi connectivity index (χ3n) is 2.91. The highest BCUT2D eigenvalue weighted by molar-refractivity contribution is 5.94. The van der Waals surface area contributed by atoms with E-state index < -0.39 is 0 Å². The Kier molecular flexibility index (Phi) is 4.49. The van der Waals surface area contributed by atoms with Gasteiger partial charge in [0.2, 0.25) is 0 Å². The normalized spacial score (nSPS) is 16.4. The molecule has 3 N–H and O–H groups in total. The molecule has 1 saturated heterocycles. The summed E-state index contributed by atoms with van der Waals surface area (Å²) in [5.74, 6) is -0.196. The lowest BCUT2D eigenvalue weighted by molar-refractivity contribution is 0.0946. The van der Waals surface area contributed by atoms with Crippen LogP contribution in [0.2, 0.25) is 0 Å². The Morgan fingerprint density at radius 3 is 2.94 bits per heavy atom. The smallest absolute Gasteiger partial charge is 0.253 e. The number of carbonyl (C=O) groups excluding carboxylic acids is 1. The number of amides is 1. The highest BCUT2D eigenvalue weighted by Gasteiger charge is 2.10. The summed E-state index contributed by atoms with van der Waals surface area (Å²) in [6, 6.07) is 1.41. The highest BCUT2D eigenvalue weighted by atomic mass is 16.3. The van der Waals surface area contributed by atoms with Crippen LogP contribution in [0.15, 0.2) is 18.5 Å². The summed E-state index contributed by atoms with van der Waals surface area (Å²) in [5.41, 5.74) is 0.385. The molecule has 0 atom stereocenters. The van der Waals surface area contributed by atoms with Gasteiger partial charge in [0, 0.05) is 45.5 Å². The van der Waals surface area contributed by atoms with Crippen LogP contribution in [0.25, 0.3) is 0 Å². The predicted molar refractivity (Wildman–Crippen MR) is 67.5 cm³/mol. The molecule has 1 aliphatic heterocycles. The van der Waals surface area contributed by atoms with Crippen LogP contribution in [-0.2, 0) is 0 Å². The zero-order chi connectivity index (χ0) is 12.8. The van der Waals surface area contributed by atoms with Gasteiger partial charge < -0.3 is 15.7 Å². The van der Waals surface area contributed by atoms with Gasteiger partial charge in [-0.2, -0.15) is 0 Å². The van der Waals surface area contributed by atoms with Crippen molar-refractivity contribution in [2.24, 2.45) is 0 Å². The number of nitrogens with one attached hydrogen (secondary N) is 2. The van der Waals surface area contributed by atoms with E-state index in [1.165, 1.54) is 18.5 Å². The minimum Gasteiger partial charge on any atom is -0.506 e. The van der Waals surface area contributed by atoms with Gasteiger partial charge in [-0.25, -0.2) is 0 Å². The molecule has 0 aromatic carbocycles. The van der Waals surface area contributed by atoms with Crippen molar-refractivity contribution >= 4 is 5.91 Å². The van der Waals surface area contributed by atoms with Crippen LogP contribution < -0.4 is 10.6 Å². The lowest BCUT2D eigenvalue weighted by atomic mass is 10.2. The van der Waals surface area contributed by atoms with Crippen LogP contribution in [0, 0.1) is 0 Å². The van der Waals surface area contributed by atoms with E-state index in [1.54, 1.807) is 0 Å². The first-order chi connectivity index (χ1) is 8.75. The van der Waals surface area contributed by atoms with E-state index >= 15 is 0 Å². The van der Waals surface area contributed by atoms with Crippen LogP contribution in [0.1, 0.15) is 10.4 Å². The van der Waals surface area contributed by atoms with Crippen LogP contribution in [-0.4, -0.2) is 60.2 Å². The summed E-state index contributed by atoms with van der Waals surface area (Å²) < 4.78 is 0. The van der Waals surface area contributed by atoms with Crippen molar-refractivity contribution in [1.82, 2.24) is 20.5 Å². The van der Waals surface area contributed by atoms with Crippen molar-refractivity contribution < 1.29 is 9.90 Å². The summed E-state index contributed by atoms with van der Waals surface area (Å²) in [6.45, 7) is 5.50. The van der Waals surface area contributed by atoms with Gasteiger partial charge in [0.05, 0.1) is 11.8 Å². The number of pyridine rings is 1. The maximum atomic E-state index is 11.7. The first-order valence-electron chi connectivity index (χ1n) is 6.11. The Morgan fingerprint density at radius 2 is 2.22 bits per heavy atom. The predicted octanol–water partition coefficient (Wildman–Crippen LogP) is -0.578. The summed E-state index contributed by atoms with van der Waals surface area (Å²) >= 11 is 0. The second kappa shape index (κ2) is 6.32. The molecule has 0 saturated carbocycles. The molecule has 18 heavy (non-hydrogen) atoms. The van der Waals surface area contributed by atoms with Gasteiger partial charge in [-0.15, -0.1) is 0 Å². The van der Waals surface area contributed by atoms with Crippen LogP contribution in [0.4, 0.5) is 0 Å². The standard InChI is InChI=1S/C12H18N4O2/c17-11-7-10(8-14-9-11)12(18)15-3-6-16-4-1-13-2-5-16/h7-9,13,17H,1-6H2,(H,15,18). The van der Waals surface area contributed by atoms with E-state index in [-0.39, 0.29) is 11.7 Å². The summed E-state index contributed by atoms with van der Waals surface area (Å²) in [5, 5.41) is 15.3. The summed E-state index contributed by atoms with van der Waals surface area (Å²) in [7, 11) is 0. The SMILES string of the molecule is O=C(NCCN1CCNCC1)c1cncc(O)c1. The molecular formula is C12H18N4O2. The molecule has 0 unspecified atom stereocenters. The second-order valence-corrected chi connectivity index (χ2v) is 4.28. The third kappa shape index (κ3) is 3.68. The fourth-order valence-electron chi connectivity index (χ4n) is 1.92. The van der Waals surface area contributed by atoms with E-state index in [0.29, 0.717) is 12.1 Å². The Morgan fingerprint density at radius 1 is 1.44 bits per heavy atom. The number of rotatable bonds is 4. The molecule has 6 heteroatoms. The van der Waals surface area contributed by atoms with Crippen molar-refractivity contribution in [2.75, 3.05) is 39.3 Å². The van der Waals surface area contributed by atoms with Gasteiger partial charge >= 0.3 is 0 Å². The highest BCUT2D eigenvalue weighted by Crippen LogP contribution is 2.07. The largest absolute Gasteiger partial charge is 0.506 e. The molecule has 1 aliphatic rings. The number of carbonyl (C=O) groups is 1. The average Bonchev–Trinajstić information content (AvgIpc) is 2.40. The van der Waals surface area contributed by atoms with Crippen molar-refractivity contribution in [3.63, 3.8) is 0 Å². The molecule has 2 rings (SSSR count). The maximum absolute atomic E-state index is 11.7. The fraction of sp³-hybridized carbons (Fsp3) is 0.500. The van der Waals surface area contributed by atoms with Gasteiger partial charge in [-0.1, -0.05) is 0 Å². The first-order valence-corrected chi connectivity index (χ1v) is 6.11. The van der Waals surface area contributed by atoms with E-state index in [1.807, 2.05) is 0 Å². The molecule has 98 valence electrons. The minimum absolute atomic E-state index is 0.00440. The van der Waals surface area contributed by atoms with Gasteiger partial charge in [0.15, 0.2) is 0 Å². The Hall–Kier alpha value is -1.66. The quantitative estimate of drug-likeness (QED) is 0.666. The molecule has 6 nitrogen and oxygen atoms in total. The number of hydrogen-bond acceptors (Lipinski definition) is 5. The van der Waals surface area contributed by atoms with Gasteiger partial charge in [-0.05, 0) is 6.07 Å². The van der Waals surface area contributed by atoms with E-state index in [0.717, 1.165) is 32.7 Å². The Balaban J connectivity index is 1.74. The second-order valence-electron chi connectivity index (χ2n) is 4.28. The zero-order valence-corrected chi connectivity index (χ0v) is 10.2. The Labute approximate surface area is 106 Å². The molecule has 1 fully saturated rings. The van der Waals surface area contributed by atoms with Gasteiger partial charge in [0.25, 0.3) is 5.91 Å². The average molecular weight is 250 g/mol. The summed E-state index contributed by atoms with van der Waals surface area (Å²) in [4.78, 5) is 17.8. The molecular weight excluding hydrogens is 232 g/mol. The van der Waals surface area contributed by atoms with Crippen molar-refractivity contribution in [1.29, 1.82) is 0 Å². The van der Waals surface area contributed by atoms with E-state index in [9.17, 15) is 9.90 Å². The topological polar surface area (TPSA) is 77.5 Å². The lowest BCUT2D eigenvalue weighted by Crippen LogP contribution is -2.46. The number of nitrogens with zero attached hydrogens (tertiary/aromatic N) is 2. The fourth-order valence-corrected chi connectivity index (χ4v) is 1.92. The Bertz CT molecular complexity index is 405. The first kappa shape index (κ1) is 12.8. The van der Waals surface area contributed by atoms with Crippen molar-refractivity contribution in [2.45, 2.75) is 0 Å². The van der Waals surface area contributed by atoms with Crippen LogP contribution >= 0.6 is 0 Å². The van der Waals surface area contributed by atoms with Gasteiger partial charge in [0.1, 0.15) is 5.75 Å². The molecule has 1 amide bonds. The number of hydrogen-bond donors (Lipinski definition) is 3. The number of aromatic nitrogens is 1. The monoisotopic (exact) mass is 250 g/mol. The van der Waals surface area contributed by atoms with Crippen LogP contribution in [0.3, 0.4) is 0 Å². The molecule has 0 spiro atoms. The van der Waals surface area contributed by atoms with Crippen molar-refractivity contribution in [3.8, 4) is 5.75 Å². The maximum Gasteiger partial charge on any atom is 0.253 e. The molecule has 2 heterocycles. The number of aromatic hydroxyl groups is 1. The lowest BCUT2D eigenvalue weighted by Gasteiger charge is -2.27. The zero-order valence-electron chi connectivity index (χ0n) is 10.2. The third-order valence-corrected chi connectivity index (χ3v) is 2.91. The molecule has 1 aromatic rings. The van der Waals surface area contributed by atoms with E-state index in [2.05, 4.69) is 20.5 Å². The van der Waals surface area contributed by atoms with Crippen LogP contribution in [0.5, 0.6) is 5.75 Å². The molecule has 0 aliphatic carbocycles. The number of piperazine rings is 1.